The summed E-state index contributed by atoms with van der Waals surface area (Å²) in [5.41, 5.74) is 0. The summed E-state index contributed by atoms with van der Waals surface area (Å²) in [6.07, 6.45) is 30.8. The normalized spacial score (nSPS) is 11.0. The second-order valence-corrected chi connectivity index (χ2v) is 12.7. The molecule has 0 aliphatic rings. The van der Waals surface area contributed by atoms with Crippen LogP contribution in [0.5, 0.6) is 0 Å². The number of hydrogen-bond acceptors (Lipinski definition) is 4. The zero-order chi connectivity index (χ0) is 32.4. The second-order valence-electron chi connectivity index (χ2n) is 12.7. The lowest BCUT2D eigenvalue weighted by molar-refractivity contribution is -0.138. The van der Waals surface area contributed by atoms with E-state index >= 15 is 0 Å². The van der Waals surface area contributed by atoms with E-state index in [0.29, 0.717) is 25.7 Å². The molecule has 0 saturated carbocycles. The van der Waals surface area contributed by atoms with Crippen LogP contribution in [0.15, 0.2) is 0 Å². The van der Waals surface area contributed by atoms with Gasteiger partial charge in [0, 0.05) is 38.8 Å². The Hall–Kier alpha value is -2.12. The lowest BCUT2D eigenvalue weighted by Crippen LogP contribution is -2.23. The molecule has 0 unspecified atom stereocenters. The summed E-state index contributed by atoms with van der Waals surface area (Å²) in [4.78, 5) is 44.9. The van der Waals surface area contributed by atoms with Gasteiger partial charge in [0.1, 0.15) is 0 Å². The van der Waals surface area contributed by atoms with E-state index in [1.807, 2.05) is 0 Å². The van der Waals surface area contributed by atoms with Crippen molar-refractivity contribution in [2.45, 2.75) is 193 Å². The van der Waals surface area contributed by atoms with E-state index in [0.717, 1.165) is 103 Å². The van der Waals surface area contributed by atoms with Gasteiger partial charge in [-0.15, -0.1) is 0 Å². The summed E-state index contributed by atoms with van der Waals surface area (Å²) in [6.45, 7) is 1.57. The minimum atomic E-state index is -0.693. The largest absolute Gasteiger partial charge is 0.481 e. The number of unbranched alkanes of at least 4 members (excludes halogenated alkanes) is 23. The van der Waals surface area contributed by atoms with Gasteiger partial charge in [0.2, 0.25) is 11.8 Å². The van der Waals surface area contributed by atoms with E-state index in [2.05, 4.69) is 10.6 Å². The molecule has 0 atom stereocenters. The van der Waals surface area contributed by atoms with Crippen LogP contribution in [-0.4, -0.2) is 47.1 Å². The average Bonchev–Trinajstić information content (AvgIpc) is 2.98. The standard InChI is InChI=1S/C36H68N2O6/c39-33(37-31-25-19-13-7-1-3-11-17-23-29-35(41)42)27-21-15-9-5-6-10-16-22-28-34(40)38-32-26-20-14-8-2-4-12-18-24-30-36(43)44/h1-32H2,(H,37,39)(H,38,40)(H,41,42)(H,43,44). The number of nitrogens with one attached hydrogen (secondary N) is 2. The zero-order valence-electron chi connectivity index (χ0n) is 28.2. The minimum absolute atomic E-state index is 0.183. The average molecular weight is 625 g/mol. The van der Waals surface area contributed by atoms with Crippen molar-refractivity contribution < 1.29 is 29.4 Å². The first-order valence-electron chi connectivity index (χ1n) is 18.4. The summed E-state index contributed by atoms with van der Waals surface area (Å²) < 4.78 is 0. The summed E-state index contributed by atoms with van der Waals surface area (Å²) in [7, 11) is 0. The molecule has 0 aromatic rings. The molecular weight excluding hydrogens is 556 g/mol. The first kappa shape index (κ1) is 41.9. The number of hydrogen-bond donors (Lipinski definition) is 4. The molecule has 0 spiro atoms. The highest BCUT2D eigenvalue weighted by Crippen LogP contribution is 2.13. The molecule has 0 bridgehead atoms. The van der Waals surface area contributed by atoms with Crippen LogP contribution in [0.2, 0.25) is 0 Å². The molecule has 44 heavy (non-hydrogen) atoms. The predicted molar refractivity (Wildman–Crippen MR) is 180 cm³/mol. The van der Waals surface area contributed by atoms with Gasteiger partial charge in [-0.1, -0.05) is 128 Å². The number of carboxylic acids is 2. The van der Waals surface area contributed by atoms with Crippen LogP contribution in [0.4, 0.5) is 0 Å². The smallest absolute Gasteiger partial charge is 0.303 e. The molecule has 0 aromatic carbocycles. The van der Waals surface area contributed by atoms with Crippen molar-refractivity contribution in [2.75, 3.05) is 13.1 Å². The van der Waals surface area contributed by atoms with Crippen LogP contribution in [0.1, 0.15) is 193 Å². The van der Waals surface area contributed by atoms with Crippen LogP contribution in [-0.2, 0) is 19.2 Å². The van der Waals surface area contributed by atoms with Crippen molar-refractivity contribution in [3.8, 4) is 0 Å². The summed E-state index contributed by atoms with van der Waals surface area (Å²) in [5.74, 6) is -1.02. The zero-order valence-corrected chi connectivity index (χ0v) is 28.2. The molecule has 0 aliphatic carbocycles. The van der Waals surface area contributed by atoms with Gasteiger partial charge in [-0.05, 0) is 38.5 Å². The number of aliphatic carboxylic acids is 2. The first-order chi connectivity index (χ1) is 21.4. The third kappa shape index (κ3) is 36.1. The molecule has 0 rings (SSSR count). The van der Waals surface area contributed by atoms with Gasteiger partial charge >= 0.3 is 11.9 Å². The fourth-order valence-corrected chi connectivity index (χ4v) is 5.54. The molecule has 0 radical (unpaired) electrons. The van der Waals surface area contributed by atoms with Crippen molar-refractivity contribution in [1.29, 1.82) is 0 Å². The van der Waals surface area contributed by atoms with Crippen LogP contribution in [0, 0.1) is 0 Å². The maximum absolute atomic E-state index is 12.0. The van der Waals surface area contributed by atoms with Gasteiger partial charge in [-0.25, -0.2) is 0 Å². The maximum Gasteiger partial charge on any atom is 0.303 e. The quantitative estimate of drug-likeness (QED) is 0.0520. The summed E-state index contributed by atoms with van der Waals surface area (Å²) in [5, 5.41) is 23.4. The molecule has 8 heteroatoms. The van der Waals surface area contributed by atoms with E-state index in [1.54, 1.807) is 0 Å². The first-order valence-corrected chi connectivity index (χ1v) is 18.4. The number of carboxylic acid groups (broad SMARTS) is 2. The number of rotatable bonds is 35. The monoisotopic (exact) mass is 625 g/mol. The highest BCUT2D eigenvalue weighted by Gasteiger charge is 2.03. The van der Waals surface area contributed by atoms with E-state index < -0.39 is 11.9 Å². The molecule has 0 saturated heterocycles. The number of amides is 2. The summed E-state index contributed by atoms with van der Waals surface area (Å²) in [6, 6.07) is 0. The van der Waals surface area contributed by atoms with E-state index in [4.69, 9.17) is 10.2 Å². The Morgan fingerprint density at radius 3 is 0.750 bits per heavy atom. The van der Waals surface area contributed by atoms with Gasteiger partial charge < -0.3 is 20.8 Å². The highest BCUT2D eigenvalue weighted by molar-refractivity contribution is 5.76. The molecule has 8 nitrogen and oxygen atoms in total. The van der Waals surface area contributed by atoms with E-state index in [9.17, 15) is 19.2 Å². The van der Waals surface area contributed by atoms with Crippen LogP contribution >= 0.6 is 0 Å². The van der Waals surface area contributed by atoms with Crippen LogP contribution in [0.25, 0.3) is 0 Å². The van der Waals surface area contributed by atoms with Crippen molar-refractivity contribution in [3.05, 3.63) is 0 Å². The molecule has 0 aliphatic heterocycles. The van der Waals surface area contributed by atoms with Gasteiger partial charge in [-0.3, -0.25) is 19.2 Å². The molecule has 0 aromatic heterocycles. The van der Waals surface area contributed by atoms with Gasteiger partial charge in [0.05, 0.1) is 0 Å². The van der Waals surface area contributed by atoms with Crippen molar-refractivity contribution in [1.82, 2.24) is 10.6 Å². The van der Waals surface area contributed by atoms with Crippen molar-refractivity contribution in [3.63, 3.8) is 0 Å². The fraction of sp³-hybridized carbons (Fsp3) is 0.889. The lowest BCUT2D eigenvalue weighted by atomic mass is 10.1. The fourth-order valence-electron chi connectivity index (χ4n) is 5.54. The highest BCUT2D eigenvalue weighted by atomic mass is 16.4. The second kappa shape index (κ2) is 33.8. The van der Waals surface area contributed by atoms with Crippen molar-refractivity contribution in [2.24, 2.45) is 0 Å². The van der Waals surface area contributed by atoms with E-state index in [1.165, 1.54) is 77.0 Å². The Balaban J connectivity index is 3.26. The topological polar surface area (TPSA) is 133 Å². The molecule has 0 fully saturated rings. The lowest BCUT2D eigenvalue weighted by Gasteiger charge is -2.06. The third-order valence-electron chi connectivity index (χ3n) is 8.34. The molecule has 4 N–H and O–H groups in total. The molecule has 2 amide bonds. The van der Waals surface area contributed by atoms with Gasteiger partial charge in [-0.2, -0.15) is 0 Å². The van der Waals surface area contributed by atoms with Gasteiger partial charge in [0.25, 0.3) is 0 Å². The minimum Gasteiger partial charge on any atom is -0.481 e. The Labute approximate surface area is 269 Å². The molecule has 0 heterocycles. The molecular formula is C36H68N2O6. The molecule has 258 valence electrons. The maximum atomic E-state index is 12.0. The van der Waals surface area contributed by atoms with Gasteiger partial charge in [0.15, 0.2) is 0 Å². The van der Waals surface area contributed by atoms with E-state index in [-0.39, 0.29) is 11.8 Å². The van der Waals surface area contributed by atoms with Crippen molar-refractivity contribution >= 4 is 23.8 Å². The Morgan fingerprint density at radius 2 is 0.500 bits per heavy atom. The Bertz CT molecular complexity index is 642. The number of carbonyl (C=O) groups is 4. The SMILES string of the molecule is O=C(O)CCCCCCCCCCCNC(=O)CCCCCCCCCCC(=O)NCCCCCCCCCCCC(=O)O. The van der Waals surface area contributed by atoms with Crippen LogP contribution < -0.4 is 10.6 Å². The Kier molecular flexibility index (Phi) is 32.1. The predicted octanol–water partition coefficient (Wildman–Crippen LogP) is 9.09. The summed E-state index contributed by atoms with van der Waals surface area (Å²) >= 11 is 0. The third-order valence-corrected chi connectivity index (χ3v) is 8.34. The Morgan fingerprint density at radius 1 is 0.295 bits per heavy atom. The van der Waals surface area contributed by atoms with Crippen LogP contribution in [0.3, 0.4) is 0 Å². The number of carbonyl (C=O) groups excluding carboxylic acids is 2.